The number of nitrogens with one attached hydrogen (secondary N) is 1. The number of carboxylic acids is 1. The predicted molar refractivity (Wildman–Crippen MR) is 73.3 cm³/mol. The van der Waals surface area contributed by atoms with Gasteiger partial charge in [-0.05, 0) is 25.2 Å². The minimum Gasteiger partial charge on any atom is -0.480 e. The van der Waals surface area contributed by atoms with Gasteiger partial charge in [0.15, 0.2) is 0 Å². The van der Waals surface area contributed by atoms with Crippen LogP contribution >= 0.6 is 0 Å². The van der Waals surface area contributed by atoms with E-state index in [0.717, 1.165) is 25.7 Å². The Morgan fingerprint density at radius 1 is 1.25 bits per heavy atom. The third kappa shape index (κ3) is 3.06. The van der Waals surface area contributed by atoms with Gasteiger partial charge in [-0.25, -0.2) is 9.59 Å². The van der Waals surface area contributed by atoms with Gasteiger partial charge in [0.1, 0.15) is 5.54 Å². The van der Waals surface area contributed by atoms with E-state index in [2.05, 4.69) is 5.32 Å². The van der Waals surface area contributed by atoms with Crippen molar-refractivity contribution in [1.29, 1.82) is 0 Å². The Morgan fingerprint density at radius 2 is 1.90 bits per heavy atom. The number of aliphatic hydroxyl groups is 1. The smallest absolute Gasteiger partial charge is 0.329 e. The summed E-state index contributed by atoms with van der Waals surface area (Å²) >= 11 is 0. The Labute approximate surface area is 119 Å². The molecule has 0 aromatic carbocycles. The molecule has 1 aliphatic heterocycles. The van der Waals surface area contributed by atoms with E-state index in [1.165, 1.54) is 4.90 Å². The van der Waals surface area contributed by atoms with Crippen LogP contribution in [0.5, 0.6) is 0 Å². The highest BCUT2D eigenvalue weighted by atomic mass is 16.4. The lowest BCUT2D eigenvalue weighted by Gasteiger charge is -2.39. The fourth-order valence-corrected chi connectivity index (χ4v) is 3.06. The molecule has 0 bridgehead atoms. The van der Waals surface area contributed by atoms with Crippen LogP contribution in [0, 0.1) is 5.92 Å². The van der Waals surface area contributed by atoms with Crippen LogP contribution in [0.25, 0.3) is 0 Å². The number of carbonyl (C=O) groups excluding carboxylic acids is 1. The number of aliphatic hydroxyl groups excluding tert-OH is 1. The Bertz CT molecular complexity index is 379. The van der Waals surface area contributed by atoms with Gasteiger partial charge in [-0.2, -0.15) is 0 Å². The van der Waals surface area contributed by atoms with E-state index in [4.69, 9.17) is 0 Å². The molecule has 1 heterocycles. The van der Waals surface area contributed by atoms with Gasteiger partial charge in [-0.3, -0.25) is 0 Å². The first-order valence-electron chi connectivity index (χ1n) is 7.43. The van der Waals surface area contributed by atoms with Crippen LogP contribution in [0.2, 0.25) is 0 Å². The maximum atomic E-state index is 12.3. The maximum absolute atomic E-state index is 12.3. The lowest BCUT2D eigenvalue weighted by Crippen LogP contribution is -2.60. The second-order valence-corrected chi connectivity index (χ2v) is 6.16. The van der Waals surface area contributed by atoms with Gasteiger partial charge in [0.2, 0.25) is 0 Å². The first-order valence-corrected chi connectivity index (χ1v) is 7.43. The SMILES string of the molecule is CC1CCN(C(=O)NC2(C(=O)O)CCCCC2)CC1O. The number of carboxylic acid groups (broad SMARTS) is 1. The molecule has 6 nitrogen and oxygen atoms in total. The van der Waals surface area contributed by atoms with E-state index in [0.29, 0.717) is 19.4 Å². The number of carbonyl (C=O) groups is 2. The van der Waals surface area contributed by atoms with Gasteiger partial charge < -0.3 is 20.4 Å². The van der Waals surface area contributed by atoms with Crippen molar-refractivity contribution in [2.45, 2.75) is 57.1 Å². The predicted octanol–water partition coefficient (Wildman–Crippen LogP) is 1.19. The number of likely N-dealkylation sites (tertiary alicyclic amines) is 1. The molecule has 2 amide bonds. The van der Waals surface area contributed by atoms with Crippen LogP contribution in [0.15, 0.2) is 0 Å². The Kier molecular flexibility index (Phi) is 4.52. The summed E-state index contributed by atoms with van der Waals surface area (Å²) in [7, 11) is 0. The van der Waals surface area contributed by atoms with Crippen LogP contribution in [0.3, 0.4) is 0 Å². The van der Waals surface area contributed by atoms with Gasteiger partial charge in [0.05, 0.1) is 6.10 Å². The second-order valence-electron chi connectivity index (χ2n) is 6.16. The molecule has 0 aromatic rings. The molecule has 2 fully saturated rings. The molecule has 20 heavy (non-hydrogen) atoms. The van der Waals surface area contributed by atoms with E-state index in [-0.39, 0.29) is 18.5 Å². The van der Waals surface area contributed by atoms with Crippen molar-refractivity contribution >= 4 is 12.0 Å². The molecule has 2 aliphatic rings. The first kappa shape index (κ1) is 15.1. The van der Waals surface area contributed by atoms with E-state index in [1.54, 1.807) is 0 Å². The Morgan fingerprint density at radius 3 is 2.45 bits per heavy atom. The van der Waals surface area contributed by atoms with E-state index in [9.17, 15) is 19.8 Å². The second kappa shape index (κ2) is 5.99. The molecular formula is C14H24N2O4. The molecule has 1 saturated heterocycles. The number of β-amino-alcohol motifs (C(OH)–C–C–N with tert-alkyl or cyclic N) is 1. The van der Waals surface area contributed by atoms with Crippen LogP contribution in [-0.4, -0.2) is 51.8 Å². The topological polar surface area (TPSA) is 89.9 Å². The fraction of sp³-hybridized carbons (Fsp3) is 0.857. The zero-order chi connectivity index (χ0) is 14.8. The molecule has 0 radical (unpaired) electrons. The Hall–Kier alpha value is -1.30. The van der Waals surface area contributed by atoms with Crippen molar-refractivity contribution in [3.05, 3.63) is 0 Å². The number of aliphatic carboxylic acids is 1. The minimum atomic E-state index is -1.12. The zero-order valence-electron chi connectivity index (χ0n) is 12.0. The van der Waals surface area contributed by atoms with Gasteiger partial charge in [-0.15, -0.1) is 0 Å². The summed E-state index contributed by atoms with van der Waals surface area (Å²) in [4.78, 5) is 25.3. The zero-order valence-corrected chi connectivity index (χ0v) is 12.0. The lowest BCUT2D eigenvalue weighted by atomic mass is 9.82. The van der Waals surface area contributed by atoms with E-state index in [1.807, 2.05) is 6.92 Å². The first-order chi connectivity index (χ1) is 9.44. The molecule has 2 unspecified atom stereocenters. The summed E-state index contributed by atoms with van der Waals surface area (Å²) in [6.45, 7) is 2.81. The highest BCUT2D eigenvalue weighted by Gasteiger charge is 2.42. The molecule has 6 heteroatoms. The highest BCUT2D eigenvalue weighted by molar-refractivity contribution is 5.86. The quantitative estimate of drug-likeness (QED) is 0.710. The molecule has 1 aliphatic carbocycles. The lowest BCUT2D eigenvalue weighted by molar-refractivity contribution is -0.146. The third-order valence-corrected chi connectivity index (χ3v) is 4.67. The Balaban J connectivity index is 2.00. The summed E-state index contributed by atoms with van der Waals surface area (Å²) in [5, 5.41) is 22.0. The minimum absolute atomic E-state index is 0.183. The average molecular weight is 284 g/mol. The number of amides is 2. The van der Waals surface area contributed by atoms with E-state index >= 15 is 0 Å². The number of nitrogens with zero attached hydrogens (tertiary/aromatic N) is 1. The molecule has 2 rings (SSSR count). The van der Waals surface area contributed by atoms with Crippen molar-refractivity contribution in [3.63, 3.8) is 0 Å². The monoisotopic (exact) mass is 284 g/mol. The van der Waals surface area contributed by atoms with Gasteiger partial charge in [0.25, 0.3) is 0 Å². The molecule has 1 saturated carbocycles. The number of rotatable bonds is 2. The van der Waals surface area contributed by atoms with Crippen molar-refractivity contribution in [2.75, 3.05) is 13.1 Å². The molecular weight excluding hydrogens is 260 g/mol. The van der Waals surface area contributed by atoms with Crippen molar-refractivity contribution in [3.8, 4) is 0 Å². The molecule has 114 valence electrons. The maximum Gasteiger partial charge on any atom is 0.329 e. The average Bonchev–Trinajstić information content (AvgIpc) is 2.42. The van der Waals surface area contributed by atoms with Crippen LogP contribution in [0.4, 0.5) is 4.79 Å². The van der Waals surface area contributed by atoms with Gasteiger partial charge >= 0.3 is 12.0 Å². The van der Waals surface area contributed by atoms with Crippen LogP contribution in [0.1, 0.15) is 45.4 Å². The standard InChI is InChI=1S/C14H24N2O4/c1-10-5-8-16(9-11(10)17)13(20)15-14(12(18)19)6-3-2-4-7-14/h10-11,17H,2-9H2,1H3,(H,15,20)(H,18,19). The number of hydrogen-bond acceptors (Lipinski definition) is 3. The molecule has 0 spiro atoms. The number of piperidine rings is 1. The summed E-state index contributed by atoms with van der Waals surface area (Å²) in [6, 6.07) is -0.361. The van der Waals surface area contributed by atoms with Crippen molar-refractivity contribution in [1.82, 2.24) is 10.2 Å². The highest BCUT2D eigenvalue weighted by Crippen LogP contribution is 2.29. The van der Waals surface area contributed by atoms with Crippen LogP contribution < -0.4 is 5.32 Å². The summed E-state index contributed by atoms with van der Waals surface area (Å²) in [6.07, 6.45) is 3.86. The van der Waals surface area contributed by atoms with Crippen LogP contribution in [-0.2, 0) is 4.79 Å². The normalized spacial score (nSPS) is 29.8. The van der Waals surface area contributed by atoms with Crippen molar-refractivity contribution < 1.29 is 19.8 Å². The summed E-state index contributed by atoms with van der Waals surface area (Å²) in [5.74, 6) is -0.765. The largest absolute Gasteiger partial charge is 0.480 e. The van der Waals surface area contributed by atoms with Gasteiger partial charge in [-0.1, -0.05) is 26.2 Å². The van der Waals surface area contributed by atoms with Gasteiger partial charge in [0, 0.05) is 13.1 Å². The summed E-state index contributed by atoms with van der Waals surface area (Å²) in [5.41, 5.74) is -1.12. The third-order valence-electron chi connectivity index (χ3n) is 4.67. The number of urea groups is 1. The molecule has 3 N–H and O–H groups in total. The fourth-order valence-electron chi connectivity index (χ4n) is 3.06. The van der Waals surface area contributed by atoms with Crippen molar-refractivity contribution in [2.24, 2.45) is 5.92 Å². The summed E-state index contributed by atoms with van der Waals surface area (Å²) < 4.78 is 0. The molecule has 2 atom stereocenters. The number of hydrogen-bond donors (Lipinski definition) is 3. The molecule has 0 aromatic heterocycles. The van der Waals surface area contributed by atoms with E-state index < -0.39 is 17.6 Å².